The third-order valence-corrected chi connectivity index (χ3v) is 5.71. The summed E-state index contributed by atoms with van der Waals surface area (Å²) < 4.78 is 41.6. The molecular weight excluding hydrogens is 387 g/mol. The van der Waals surface area contributed by atoms with Crippen molar-refractivity contribution in [1.29, 1.82) is 0 Å². The zero-order valence-corrected chi connectivity index (χ0v) is 15.9. The van der Waals surface area contributed by atoms with Gasteiger partial charge in [-0.05, 0) is 31.2 Å². The normalized spacial score (nSPS) is 11.4. The number of benzene rings is 1. The maximum Gasteiger partial charge on any atom is 0.407 e. The second kappa shape index (κ2) is 7.39. The first-order valence-corrected chi connectivity index (χ1v) is 9.64. The molecule has 0 radical (unpaired) electrons. The Kier molecular flexibility index (Phi) is 5.14. The van der Waals surface area contributed by atoms with Crippen LogP contribution in [0.5, 0.6) is 0 Å². The summed E-state index contributed by atoms with van der Waals surface area (Å²) in [7, 11) is -2.76. The number of carboxylic acid groups (broad SMARTS) is 1. The van der Waals surface area contributed by atoms with Crippen LogP contribution in [0.1, 0.15) is 11.4 Å². The first-order chi connectivity index (χ1) is 13.2. The summed E-state index contributed by atoms with van der Waals surface area (Å²) in [5.41, 5.74) is 0.738. The summed E-state index contributed by atoms with van der Waals surface area (Å²) >= 11 is 0. The SMILES string of the molecule is Cc1ccc(S(=O)(=O)c2cc(CN(C)C(=O)O)nn2-c2ccccc2F)cn1. The number of carbonyl (C=O) groups is 1. The molecular formula is C18H17FN4O4S. The molecule has 0 atom stereocenters. The molecule has 10 heteroatoms. The molecule has 0 bridgehead atoms. The fourth-order valence-corrected chi connectivity index (χ4v) is 3.86. The summed E-state index contributed by atoms with van der Waals surface area (Å²) in [6, 6.07) is 9.78. The van der Waals surface area contributed by atoms with Crippen LogP contribution in [0.15, 0.2) is 58.6 Å². The number of para-hydroxylation sites is 1. The lowest BCUT2D eigenvalue weighted by molar-refractivity contribution is 0.153. The van der Waals surface area contributed by atoms with Crippen LogP contribution in [-0.4, -0.2) is 46.3 Å². The van der Waals surface area contributed by atoms with Crippen molar-refractivity contribution in [3.8, 4) is 5.69 Å². The number of rotatable bonds is 5. The van der Waals surface area contributed by atoms with Crippen LogP contribution >= 0.6 is 0 Å². The molecule has 3 aromatic rings. The van der Waals surface area contributed by atoms with Gasteiger partial charge in [0.2, 0.25) is 9.84 Å². The van der Waals surface area contributed by atoms with Crippen molar-refractivity contribution in [3.05, 3.63) is 65.9 Å². The van der Waals surface area contributed by atoms with Gasteiger partial charge in [0.1, 0.15) is 11.5 Å². The molecule has 8 nitrogen and oxygen atoms in total. The van der Waals surface area contributed by atoms with E-state index in [4.69, 9.17) is 5.11 Å². The molecule has 0 unspecified atom stereocenters. The third-order valence-electron chi connectivity index (χ3n) is 4.00. The second-order valence-corrected chi connectivity index (χ2v) is 8.01. The van der Waals surface area contributed by atoms with Gasteiger partial charge in [-0.15, -0.1) is 0 Å². The van der Waals surface area contributed by atoms with Gasteiger partial charge < -0.3 is 10.0 Å². The van der Waals surface area contributed by atoms with E-state index in [9.17, 15) is 17.6 Å². The minimum atomic E-state index is -4.08. The lowest BCUT2D eigenvalue weighted by atomic mass is 10.3. The van der Waals surface area contributed by atoms with E-state index in [1.165, 1.54) is 43.6 Å². The Morgan fingerprint density at radius 2 is 1.96 bits per heavy atom. The van der Waals surface area contributed by atoms with Gasteiger partial charge in [-0.25, -0.2) is 22.3 Å². The summed E-state index contributed by atoms with van der Waals surface area (Å²) in [5.74, 6) is -0.665. The number of hydrogen-bond donors (Lipinski definition) is 1. The first kappa shape index (κ1) is 19.5. The second-order valence-electron chi connectivity index (χ2n) is 6.11. The van der Waals surface area contributed by atoms with Gasteiger partial charge in [-0.1, -0.05) is 12.1 Å². The third kappa shape index (κ3) is 3.72. The fraction of sp³-hybridized carbons (Fsp3) is 0.167. The number of pyridine rings is 1. The van der Waals surface area contributed by atoms with Crippen LogP contribution in [0, 0.1) is 12.7 Å². The summed E-state index contributed by atoms with van der Waals surface area (Å²) in [6.45, 7) is 1.56. The number of hydrogen-bond acceptors (Lipinski definition) is 5. The smallest absolute Gasteiger partial charge is 0.407 e. The number of sulfone groups is 1. The lowest BCUT2D eigenvalue weighted by Crippen LogP contribution is -2.24. The Balaban J connectivity index is 2.18. The van der Waals surface area contributed by atoms with Gasteiger partial charge in [0.15, 0.2) is 5.03 Å². The number of aryl methyl sites for hydroxylation is 1. The Morgan fingerprint density at radius 3 is 2.57 bits per heavy atom. The van der Waals surface area contributed by atoms with Crippen molar-refractivity contribution in [2.45, 2.75) is 23.4 Å². The Morgan fingerprint density at radius 1 is 1.25 bits per heavy atom. The van der Waals surface area contributed by atoms with Crippen LogP contribution in [-0.2, 0) is 16.4 Å². The molecule has 0 spiro atoms. The maximum absolute atomic E-state index is 14.3. The van der Waals surface area contributed by atoms with Crippen LogP contribution in [0.2, 0.25) is 0 Å². The van der Waals surface area contributed by atoms with Gasteiger partial charge >= 0.3 is 6.09 Å². The topological polar surface area (TPSA) is 105 Å². The Hall–Kier alpha value is -3.27. The molecule has 28 heavy (non-hydrogen) atoms. The molecule has 1 aromatic carbocycles. The van der Waals surface area contributed by atoms with Gasteiger partial charge in [0.25, 0.3) is 0 Å². The molecule has 0 saturated heterocycles. The largest absolute Gasteiger partial charge is 0.465 e. The van der Waals surface area contributed by atoms with Gasteiger partial charge in [-0.2, -0.15) is 5.10 Å². The maximum atomic E-state index is 14.3. The van der Waals surface area contributed by atoms with Crippen LogP contribution in [0.4, 0.5) is 9.18 Å². The fourth-order valence-electron chi connectivity index (χ4n) is 2.52. The van der Waals surface area contributed by atoms with Crippen molar-refractivity contribution in [3.63, 3.8) is 0 Å². The molecule has 0 saturated carbocycles. The number of aromatic nitrogens is 3. The lowest BCUT2D eigenvalue weighted by Gasteiger charge is -2.10. The monoisotopic (exact) mass is 404 g/mol. The van der Waals surface area contributed by atoms with Crippen LogP contribution < -0.4 is 0 Å². The van der Waals surface area contributed by atoms with E-state index in [1.807, 2.05) is 0 Å². The quantitative estimate of drug-likeness (QED) is 0.701. The molecule has 0 aliphatic heterocycles. The molecule has 0 fully saturated rings. The molecule has 2 aromatic heterocycles. The van der Waals surface area contributed by atoms with E-state index < -0.39 is 21.7 Å². The molecule has 2 heterocycles. The predicted octanol–water partition coefficient (Wildman–Crippen LogP) is 2.66. The van der Waals surface area contributed by atoms with Crippen molar-refractivity contribution in [1.82, 2.24) is 19.7 Å². The average molecular weight is 404 g/mol. The number of amides is 1. The minimum Gasteiger partial charge on any atom is -0.465 e. The predicted molar refractivity (Wildman–Crippen MR) is 97.4 cm³/mol. The van der Waals surface area contributed by atoms with E-state index in [0.29, 0.717) is 5.69 Å². The van der Waals surface area contributed by atoms with Crippen molar-refractivity contribution < 1.29 is 22.7 Å². The highest BCUT2D eigenvalue weighted by atomic mass is 32.2. The van der Waals surface area contributed by atoms with Crippen molar-refractivity contribution in [2.75, 3.05) is 7.05 Å². The standard InChI is InChI=1S/C18H17FN4O4S/c1-12-7-8-14(10-20-12)28(26,27)17-9-13(11-22(2)18(24)25)21-23(17)16-6-4-3-5-15(16)19/h3-10H,11H2,1-2H3,(H,24,25). The number of halogens is 1. The van der Waals surface area contributed by atoms with E-state index in [2.05, 4.69) is 10.1 Å². The summed E-state index contributed by atoms with van der Waals surface area (Å²) in [6.07, 6.45) is 0.0134. The first-order valence-electron chi connectivity index (χ1n) is 8.16. The van der Waals surface area contributed by atoms with Crippen molar-refractivity contribution >= 4 is 15.9 Å². The molecule has 0 aliphatic rings. The highest BCUT2D eigenvalue weighted by molar-refractivity contribution is 7.91. The van der Waals surface area contributed by atoms with Crippen molar-refractivity contribution in [2.24, 2.45) is 0 Å². The zero-order valence-electron chi connectivity index (χ0n) is 15.1. The van der Waals surface area contributed by atoms with Gasteiger partial charge in [0, 0.05) is 25.0 Å². The van der Waals surface area contributed by atoms with Crippen LogP contribution in [0.25, 0.3) is 5.69 Å². The summed E-state index contributed by atoms with van der Waals surface area (Å²) in [5, 5.41) is 12.9. The van der Waals surface area contributed by atoms with E-state index in [-0.39, 0.29) is 27.8 Å². The number of nitrogens with zero attached hydrogens (tertiary/aromatic N) is 4. The van der Waals surface area contributed by atoms with Gasteiger partial charge in [-0.3, -0.25) is 4.98 Å². The average Bonchev–Trinajstić information content (AvgIpc) is 3.06. The molecule has 0 aliphatic carbocycles. The minimum absolute atomic E-state index is 0.0645. The molecule has 1 N–H and O–H groups in total. The Bertz CT molecular complexity index is 1130. The molecule has 1 amide bonds. The molecule has 3 rings (SSSR count). The van der Waals surface area contributed by atoms with Gasteiger partial charge in [0.05, 0.1) is 17.1 Å². The molecule has 146 valence electrons. The van der Waals surface area contributed by atoms with E-state index in [0.717, 1.165) is 9.58 Å². The van der Waals surface area contributed by atoms with E-state index in [1.54, 1.807) is 19.1 Å². The highest BCUT2D eigenvalue weighted by Crippen LogP contribution is 2.26. The summed E-state index contributed by atoms with van der Waals surface area (Å²) in [4.78, 5) is 15.9. The highest BCUT2D eigenvalue weighted by Gasteiger charge is 2.27. The van der Waals surface area contributed by atoms with Crippen LogP contribution in [0.3, 0.4) is 0 Å². The zero-order chi connectivity index (χ0) is 20.5. The van der Waals surface area contributed by atoms with E-state index >= 15 is 0 Å². The Labute approximate surface area is 160 Å².